The number of benzene rings is 1. The molecule has 0 bridgehead atoms. The Bertz CT molecular complexity index is 631. The van der Waals surface area contributed by atoms with Gasteiger partial charge in [-0.25, -0.2) is 0 Å². The van der Waals surface area contributed by atoms with Crippen molar-refractivity contribution < 1.29 is 9.53 Å². The van der Waals surface area contributed by atoms with E-state index in [0.717, 1.165) is 29.9 Å². The molecule has 1 saturated heterocycles. The lowest BCUT2D eigenvalue weighted by Crippen LogP contribution is -2.52. The summed E-state index contributed by atoms with van der Waals surface area (Å²) in [5.41, 5.74) is 1.77. The summed E-state index contributed by atoms with van der Waals surface area (Å²) in [5, 5.41) is 0. The van der Waals surface area contributed by atoms with Crippen LogP contribution in [0.15, 0.2) is 48.1 Å². The maximum Gasteiger partial charge on any atom is 0.250 e. The highest BCUT2D eigenvalue weighted by Crippen LogP contribution is 2.53. The largest absolute Gasteiger partial charge is 0.485 e. The number of hydrogen-bond donors (Lipinski definition) is 0. The molecule has 3 aliphatic rings. The van der Waals surface area contributed by atoms with Crippen LogP contribution >= 0.6 is 0 Å². The number of para-hydroxylation sites is 1. The number of carbonyl (C=O) groups is 1. The molecule has 2 unspecified atom stereocenters. The maximum absolute atomic E-state index is 12.5. The molecule has 3 nitrogen and oxygen atoms in total. The van der Waals surface area contributed by atoms with Crippen molar-refractivity contribution in [2.45, 2.75) is 17.9 Å². The number of nitrogens with zero attached hydrogens (tertiary/aromatic N) is 1. The predicted molar refractivity (Wildman–Crippen MR) is 72.0 cm³/mol. The van der Waals surface area contributed by atoms with Crippen molar-refractivity contribution in [3.05, 3.63) is 53.6 Å². The Balaban J connectivity index is 1.96. The Hall–Kier alpha value is -2.03. The van der Waals surface area contributed by atoms with Gasteiger partial charge < -0.3 is 9.64 Å². The quantitative estimate of drug-likeness (QED) is 0.708. The van der Waals surface area contributed by atoms with Crippen molar-refractivity contribution in [1.82, 2.24) is 4.90 Å². The molecule has 1 aromatic carbocycles. The van der Waals surface area contributed by atoms with E-state index in [-0.39, 0.29) is 17.4 Å². The van der Waals surface area contributed by atoms with Crippen molar-refractivity contribution in [3.63, 3.8) is 0 Å². The Kier molecular flexibility index (Phi) is 2.00. The highest BCUT2D eigenvalue weighted by atomic mass is 16.5. The second-order valence-electron chi connectivity index (χ2n) is 5.45. The van der Waals surface area contributed by atoms with Gasteiger partial charge in [-0.2, -0.15) is 0 Å². The van der Waals surface area contributed by atoms with Crippen molar-refractivity contribution in [1.29, 1.82) is 0 Å². The molecule has 0 radical (unpaired) electrons. The lowest BCUT2D eigenvalue weighted by atomic mass is 9.65. The number of rotatable bonds is 0. The molecule has 1 amide bonds. The van der Waals surface area contributed by atoms with Gasteiger partial charge in [0.05, 0.1) is 5.41 Å². The average molecular weight is 253 g/mol. The monoisotopic (exact) mass is 253 g/mol. The summed E-state index contributed by atoms with van der Waals surface area (Å²) in [6, 6.07) is 8.10. The molecule has 1 spiro atoms. The summed E-state index contributed by atoms with van der Waals surface area (Å²) in [5.74, 6) is 1.04. The Labute approximate surface area is 112 Å². The molecular formula is C16H15NO2. The molecule has 4 rings (SSSR count). The summed E-state index contributed by atoms with van der Waals surface area (Å²) in [4.78, 5) is 14.3. The Morgan fingerprint density at radius 3 is 3.11 bits per heavy atom. The van der Waals surface area contributed by atoms with Crippen molar-refractivity contribution in [3.8, 4) is 5.75 Å². The number of allylic oxidation sites excluding steroid dienone is 2. The molecular weight excluding hydrogens is 238 g/mol. The van der Waals surface area contributed by atoms with Crippen LogP contribution in [0.2, 0.25) is 0 Å². The lowest BCUT2D eigenvalue weighted by molar-refractivity contribution is -0.129. The first-order valence-electron chi connectivity index (χ1n) is 6.64. The van der Waals surface area contributed by atoms with Gasteiger partial charge in [0.2, 0.25) is 0 Å². The number of piperidine rings is 1. The summed E-state index contributed by atoms with van der Waals surface area (Å²) in [7, 11) is 1.87. The summed E-state index contributed by atoms with van der Waals surface area (Å²) >= 11 is 0. The molecule has 2 atom stereocenters. The first-order chi connectivity index (χ1) is 9.23. The molecule has 0 N–H and O–H groups in total. The number of amides is 1. The van der Waals surface area contributed by atoms with Gasteiger partial charge in [0.25, 0.3) is 5.91 Å². The van der Waals surface area contributed by atoms with E-state index < -0.39 is 0 Å². The smallest absolute Gasteiger partial charge is 0.250 e. The first kappa shape index (κ1) is 10.9. The van der Waals surface area contributed by atoms with Crippen molar-refractivity contribution in [2.75, 3.05) is 13.6 Å². The predicted octanol–water partition coefficient (Wildman–Crippen LogP) is 2.04. The molecule has 2 aliphatic heterocycles. The van der Waals surface area contributed by atoms with Gasteiger partial charge in [0.15, 0.2) is 0 Å². The average Bonchev–Trinajstić information content (AvgIpc) is 2.77. The van der Waals surface area contributed by atoms with Gasteiger partial charge in [0, 0.05) is 24.7 Å². The Morgan fingerprint density at radius 2 is 2.21 bits per heavy atom. The van der Waals surface area contributed by atoms with E-state index in [1.54, 1.807) is 4.90 Å². The van der Waals surface area contributed by atoms with Gasteiger partial charge in [-0.05, 0) is 18.6 Å². The van der Waals surface area contributed by atoms with Gasteiger partial charge >= 0.3 is 0 Å². The molecule has 0 aromatic heterocycles. The van der Waals surface area contributed by atoms with Crippen LogP contribution in [0.1, 0.15) is 12.0 Å². The summed E-state index contributed by atoms with van der Waals surface area (Å²) in [6.45, 7) is 0.776. The fourth-order valence-electron chi connectivity index (χ4n) is 3.56. The van der Waals surface area contributed by atoms with E-state index in [1.165, 1.54) is 0 Å². The van der Waals surface area contributed by atoms with Crippen molar-refractivity contribution in [2.24, 2.45) is 0 Å². The zero-order valence-corrected chi connectivity index (χ0v) is 10.8. The molecule has 1 aromatic rings. The topological polar surface area (TPSA) is 29.5 Å². The number of carbonyl (C=O) groups excluding carboxylic acids is 1. The van der Waals surface area contributed by atoms with E-state index >= 15 is 0 Å². The van der Waals surface area contributed by atoms with E-state index in [2.05, 4.69) is 12.1 Å². The summed E-state index contributed by atoms with van der Waals surface area (Å²) < 4.78 is 6.06. The van der Waals surface area contributed by atoms with Crippen molar-refractivity contribution >= 4 is 5.91 Å². The third-order valence-electron chi connectivity index (χ3n) is 4.56. The minimum Gasteiger partial charge on any atom is -0.485 e. The minimum atomic E-state index is -0.269. The van der Waals surface area contributed by atoms with Gasteiger partial charge in [-0.1, -0.05) is 30.4 Å². The third-order valence-corrected chi connectivity index (χ3v) is 4.56. The van der Waals surface area contributed by atoms with Gasteiger partial charge in [-0.15, -0.1) is 0 Å². The van der Waals surface area contributed by atoms with E-state index in [4.69, 9.17) is 4.74 Å². The molecule has 1 aliphatic carbocycles. The second kappa shape index (κ2) is 3.50. The van der Waals surface area contributed by atoms with E-state index in [0.29, 0.717) is 0 Å². The standard InChI is InChI=1S/C16H15NO2/c1-17-10-9-16-11-5-2-3-7-13(11)19-14(16)8-4-6-12(16)15(17)18/h2-8,14H,9-10H2,1H3. The van der Waals surface area contributed by atoms with Crippen LogP contribution in [0.3, 0.4) is 0 Å². The highest BCUT2D eigenvalue weighted by Gasteiger charge is 2.55. The zero-order chi connectivity index (χ0) is 13.0. The third kappa shape index (κ3) is 1.20. The molecule has 19 heavy (non-hydrogen) atoms. The Morgan fingerprint density at radius 1 is 1.37 bits per heavy atom. The maximum atomic E-state index is 12.5. The number of likely N-dealkylation sites (N-methyl/N-ethyl adjacent to an activating group) is 1. The fraction of sp³-hybridized carbons (Fsp3) is 0.312. The van der Waals surface area contributed by atoms with Crippen LogP contribution in [0.25, 0.3) is 0 Å². The first-order valence-corrected chi connectivity index (χ1v) is 6.64. The molecule has 0 saturated carbocycles. The van der Waals surface area contributed by atoms with Crippen LogP contribution in [0.4, 0.5) is 0 Å². The number of hydrogen-bond acceptors (Lipinski definition) is 2. The molecule has 2 heterocycles. The van der Waals surface area contributed by atoms with Crippen LogP contribution < -0.4 is 4.74 Å². The van der Waals surface area contributed by atoms with Crippen LogP contribution in [-0.2, 0) is 10.2 Å². The highest BCUT2D eigenvalue weighted by molar-refractivity contribution is 5.98. The van der Waals surface area contributed by atoms with Gasteiger partial charge in [0.1, 0.15) is 11.9 Å². The van der Waals surface area contributed by atoms with Crippen LogP contribution in [0, 0.1) is 0 Å². The van der Waals surface area contributed by atoms with E-state index in [9.17, 15) is 4.79 Å². The molecule has 3 heteroatoms. The molecule has 1 fully saturated rings. The molecule has 96 valence electrons. The van der Waals surface area contributed by atoms with Gasteiger partial charge in [-0.3, -0.25) is 4.79 Å². The number of likely N-dealkylation sites (tertiary alicyclic amines) is 1. The zero-order valence-electron chi connectivity index (χ0n) is 10.8. The second-order valence-corrected chi connectivity index (χ2v) is 5.45. The minimum absolute atomic E-state index is 0.0393. The lowest BCUT2D eigenvalue weighted by Gasteiger charge is -2.42. The van der Waals surface area contributed by atoms with Crippen LogP contribution in [-0.4, -0.2) is 30.5 Å². The number of fused-ring (bicyclic) bond motifs is 1. The van der Waals surface area contributed by atoms with Crippen LogP contribution in [0.5, 0.6) is 5.75 Å². The fourth-order valence-corrected chi connectivity index (χ4v) is 3.56. The normalized spacial score (nSPS) is 31.2. The summed E-state index contributed by atoms with van der Waals surface area (Å²) in [6.07, 6.45) is 6.86. The number of ether oxygens (including phenoxy) is 1. The SMILES string of the molecule is CN1CCC23C(=CC=CC2Oc2ccccc23)C1=O. The van der Waals surface area contributed by atoms with E-state index in [1.807, 2.05) is 37.4 Å².